The smallest absolute Gasteiger partial charge is 0.270 e. The van der Waals surface area contributed by atoms with Gasteiger partial charge < -0.3 is 10.6 Å². The second kappa shape index (κ2) is 6.63. The van der Waals surface area contributed by atoms with Crippen molar-refractivity contribution in [3.63, 3.8) is 0 Å². The van der Waals surface area contributed by atoms with Crippen molar-refractivity contribution in [1.82, 2.24) is 15.3 Å². The van der Waals surface area contributed by atoms with Crippen LogP contribution in [0.15, 0.2) is 42.7 Å². The van der Waals surface area contributed by atoms with Crippen LogP contribution in [-0.4, -0.2) is 21.4 Å². The average Bonchev–Trinajstić information content (AvgIpc) is 2.66. The standard InChI is InChI=1S/C22H26N4O/c27-21(26-22-11-15-7-16(12-22)9-17(8-15)13-22)20-10-18(4-6-24-20)25-14-19-3-1-2-5-23-19/h1-6,10,15-17H,7-9,11-14H2,(H,24,25)(H,26,27). The third-order valence-corrected chi connectivity index (χ3v) is 6.61. The van der Waals surface area contributed by atoms with Crippen molar-refractivity contribution in [2.75, 3.05) is 5.32 Å². The van der Waals surface area contributed by atoms with Crippen LogP contribution in [0.4, 0.5) is 5.69 Å². The Morgan fingerprint density at radius 3 is 2.41 bits per heavy atom. The van der Waals surface area contributed by atoms with E-state index in [-0.39, 0.29) is 11.4 Å². The first-order valence-electron chi connectivity index (χ1n) is 10.1. The lowest BCUT2D eigenvalue weighted by Crippen LogP contribution is -2.59. The number of aromatic nitrogens is 2. The molecule has 27 heavy (non-hydrogen) atoms. The predicted molar refractivity (Wildman–Crippen MR) is 104 cm³/mol. The lowest BCUT2D eigenvalue weighted by atomic mass is 9.53. The van der Waals surface area contributed by atoms with Crippen molar-refractivity contribution >= 4 is 11.6 Å². The molecule has 140 valence electrons. The first-order chi connectivity index (χ1) is 13.2. The summed E-state index contributed by atoms with van der Waals surface area (Å²) in [5.41, 5.74) is 2.38. The maximum Gasteiger partial charge on any atom is 0.270 e. The van der Waals surface area contributed by atoms with Gasteiger partial charge in [-0.05, 0) is 80.5 Å². The molecular weight excluding hydrogens is 336 g/mol. The Labute approximate surface area is 160 Å². The van der Waals surface area contributed by atoms with Gasteiger partial charge in [-0.25, -0.2) is 0 Å². The molecule has 0 spiro atoms. The van der Waals surface area contributed by atoms with E-state index in [2.05, 4.69) is 20.6 Å². The maximum atomic E-state index is 12.9. The van der Waals surface area contributed by atoms with E-state index in [1.807, 2.05) is 30.3 Å². The van der Waals surface area contributed by atoms with Crippen LogP contribution in [-0.2, 0) is 6.54 Å². The second-order valence-electron chi connectivity index (χ2n) is 8.76. The van der Waals surface area contributed by atoms with E-state index >= 15 is 0 Å². The van der Waals surface area contributed by atoms with Crippen LogP contribution >= 0.6 is 0 Å². The molecule has 4 bridgehead atoms. The van der Waals surface area contributed by atoms with Gasteiger partial charge in [-0.15, -0.1) is 0 Å². The van der Waals surface area contributed by atoms with E-state index in [0.717, 1.165) is 48.4 Å². The fourth-order valence-electron chi connectivity index (χ4n) is 5.93. The lowest BCUT2D eigenvalue weighted by Gasteiger charge is -2.56. The number of nitrogens with zero attached hydrogens (tertiary/aromatic N) is 2. The molecule has 4 aliphatic rings. The zero-order chi connectivity index (χ0) is 18.3. The van der Waals surface area contributed by atoms with Crippen molar-refractivity contribution in [1.29, 1.82) is 0 Å². The van der Waals surface area contributed by atoms with Gasteiger partial charge in [0.15, 0.2) is 0 Å². The molecule has 2 aromatic heterocycles. The fraction of sp³-hybridized carbons (Fsp3) is 0.500. The molecule has 0 saturated heterocycles. The highest BCUT2D eigenvalue weighted by molar-refractivity contribution is 5.93. The Morgan fingerprint density at radius 1 is 1.00 bits per heavy atom. The summed E-state index contributed by atoms with van der Waals surface area (Å²) in [6, 6.07) is 9.60. The summed E-state index contributed by atoms with van der Waals surface area (Å²) in [7, 11) is 0. The zero-order valence-corrected chi connectivity index (χ0v) is 15.5. The summed E-state index contributed by atoms with van der Waals surface area (Å²) in [6.07, 6.45) is 11.1. The largest absolute Gasteiger partial charge is 0.379 e. The number of carbonyl (C=O) groups excluding carboxylic acids is 1. The number of anilines is 1. The van der Waals surface area contributed by atoms with E-state index < -0.39 is 0 Å². The Kier molecular flexibility index (Phi) is 4.10. The zero-order valence-electron chi connectivity index (χ0n) is 15.5. The Bertz CT molecular complexity index is 800. The second-order valence-corrected chi connectivity index (χ2v) is 8.76. The minimum absolute atomic E-state index is 0.0188. The maximum absolute atomic E-state index is 12.9. The highest BCUT2D eigenvalue weighted by atomic mass is 16.2. The average molecular weight is 362 g/mol. The minimum Gasteiger partial charge on any atom is -0.379 e. The first kappa shape index (κ1) is 16.7. The molecular formula is C22H26N4O. The summed E-state index contributed by atoms with van der Waals surface area (Å²) in [5, 5.41) is 6.73. The molecule has 0 unspecified atom stereocenters. The van der Waals surface area contributed by atoms with Crippen molar-refractivity contribution in [2.24, 2.45) is 17.8 Å². The van der Waals surface area contributed by atoms with Crippen LogP contribution in [0.3, 0.4) is 0 Å². The van der Waals surface area contributed by atoms with Gasteiger partial charge in [0.25, 0.3) is 5.91 Å². The van der Waals surface area contributed by atoms with E-state index in [0.29, 0.717) is 12.2 Å². The summed E-state index contributed by atoms with van der Waals surface area (Å²) in [4.78, 5) is 21.6. The third-order valence-electron chi connectivity index (χ3n) is 6.61. The number of hydrogen-bond donors (Lipinski definition) is 2. The SMILES string of the molecule is O=C(NC12CC3CC(CC(C3)C1)C2)c1cc(NCc2ccccn2)ccn1. The molecule has 0 aromatic carbocycles. The third kappa shape index (κ3) is 3.43. The number of rotatable bonds is 5. The van der Waals surface area contributed by atoms with Crippen molar-refractivity contribution < 1.29 is 4.79 Å². The number of amides is 1. The van der Waals surface area contributed by atoms with Gasteiger partial charge in [-0.2, -0.15) is 0 Å². The van der Waals surface area contributed by atoms with Crippen LogP contribution in [0.5, 0.6) is 0 Å². The Balaban J connectivity index is 1.27. The topological polar surface area (TPSA) is 66.9 Å². The highest BCUT2D eigenvalue weighted by Crippen LogP contribution is 2.55. The van der Waals surface area contributed by atoms with Gasteiger partial charge in [0.1, 0.15) is 5.69 Å². The normalized spacial score (nSPS) is 30.9. The molecule has 4 saturated carbocycles. The number of hydrogen-bond acceptors (Lipinski definition) is 4. The van der Waals surface area contributed by atoms with Gasteiger partial charge in [0.2, 0.25) is 0 Å². The number of carbonyl (C=O) groups is 1. The molecule has 0 radical (unpaired) electrons. The van der Waals surface area contributed by atoms with Crippen LogP contribution in [0, 0.1) is 17.8 Å². The molecule has 5 heteroatoms. The Hall–Kier alpha value is -2.43. The molecule has 2 aromatic rings. The lowest BCUT2D eigenvalue weighted by molar-refractivity contribution is -0.0167. The fourth-order valence-corrected chi connectivity index (χ4v) is 5.93. The van der Waals surface area contributed by atoms with E-state index in [4.69, 9.17) is 0 Å². The van der Waals surface area contributed by atoms with Crippen molar-refractivity contribution in [2.45, 2.75) is 50.6 Å². The van der Waals surface area contributed by atoms with Gasteiger partial charge in [-0.1, -0.05) is 6.07 Å². The summed E-state index contributed by atoms with van der Waals surface area (Å²) < 4.78 is 0. The van der Waals surface area contributed by atoms with Gasteiger partial charge in [0.05, 0.1) is 12.2 Å². The van der Waals surface area contributed by atoms with Gasteiger partial charge in [-0.3, -0.25) is 14.8 Å². The molecule has 6 rings (SSSR count). The molecule has 2 heterocycles. The molecule has 4 aliphatic carbocycles. The molecule has 2 N–H and O–H groups in total. The Morgan fingerprint density at radius 2 is 1.74 bits per heavy atom. The first-order valence-corrected chi connectivity index (χ1v) is 10.1. The van der Waals surface area contributed by atoms with Gasteiger partial charge in [0, 0.05) is 23.6 Å². The summed E-state index contributed by atoms with van der Waals surface area (Å²) in [5.74, 6) is 2.42. The minimum atomic E-state index is -0.0292. The van der Waals surface area contributed by atoms with Crippen molar-refractivity contribution in [3.8, 4) is 0 Å². The molecule has 5 nitrogen and oxygen atoms in total. The molecule has 1 amide bonds. The monoisotopic (exact) mass is 362 g/mol. The molecule has 0 aliphatic heterocycles. The van der Waals surface area contributed by atoms with Gasteiger partial charge >= 0.3 is 0 Å². The summed E-state index contributed by atoms with van der Waals surface area (Å²) >= 11 is 0. The number of nitrogens with one attached hydrogen (secondary N) is 2. The van der Waals surface area contributed by atoms with E-state index in [1.165, 1.54) is 19.3 Å². The number of pyridine rings is 2. The molecule has 0 atom stereocenters. The van der Waals surface area contributed by atoms with E-state index in [1.54, 1.807) is 12.4 Å². The van der Waals surface area contributed by atoms with Crippen LogP contribution in [0.25, 0.3) is 0 Å². The predicted octanol–water partition coefficient (Wildman–Crippen LogP) is 3.79. The van der Waals surface area contributed by atoms with Crippen LogP contribution < -0.4 is 10.6 Å². The quantitative estimate of drug-likeness (QED) is 0.849. The van der Waals surface area contributed by atoms with Crippen LogP contribution in [0.2, 0.25) is 0 Å². The highest BCUT2D eigenvalue weighted by Gasteiger charge is 2.51. The van der Waals surface area contributed by atoms with E-state index in [9.17, 15) is 4.79 Å². The summed E-state index contributed by atoms with van der Waals surface area (Å²) in [6.45, 7) is 0.626. The van der Waals surface area contributed by atoms with Crippen molar-refractivity contribution in [3.05, 3.63) is 54.1 Å². The van der Waals surface area contributed by atoms with Crippen LogP contribution in [0.1, 0.15) is 54.7 Å². The molecule has 4 fully saturated rings.